The Hall–Kier alpha value is -1.13. The predicted octanol–water partition coefficient (Wildman–Crippen LogP) is 4.46. The van der Waals surface area contributed by atoms with Gasteiger partial charge in [-0.15, -0.1) is 11.6 Å². The summed E-state index contributed by atoms with van der Waals surface area (Å²) in [6.07, 6.45) is 0. The Balaban J connectivity index is 2.30. The standard InChI is InChI=1S/C16H22ClFN2O/c1-10(2)9-21-6-5-20-15-7-11(3)13(18)8-14(15)19-16(20)12(4)17/h7-8,10,12H,5-6,9H2,1-4H3. The SMILES string of the molecule is Cc1cc2c(cc1F)nc(C(C)Cl)n2CCOCC(C)C. The number of nitrogens with zero attached hydrogens (tertiary/aromatic N) is 2. The second-order valence-corrected chi connectivity index (χ2v) is 6.45. The molecule has 1 heterocycles. The van der Waals surface area contributed by atoms with Crippen LogP contribution >= 0.6 is 11.6 Å². The van der Waals surface area contributed by atoms with Crippen molar-refractivity contribution in [3.63, 3.8) is 0 Å². The molecule has 1 aromatic heterocycles. The summed E-state index contributed by atoms with van der Waals surface area (Å²) in [5, 5.41) is -0.231. The highest BCUT2D eigenvalue weighted by Gasteiger charge is 2.16. The molecular weight excluding hydrogens is 291 g/mol. The molecule has 0 amide bonds. The molecule has 0 spiro atoms. The summed E-state index contributed by atoms with van der Waals surface area (Å²) in [7, 11) is 0. The van der Waals surface area contributed by atoms with Crippen LogP contribution in [0.25, 0.3) is 11.0 Å². The molecule has 0 aliphatic carbocycles. The molecule has 0 saturated heterocycles. The zero-order valence-electron chi connectivity index (χ0n) is 13.0. The third-order valence-corrected chi connectivity index (χ3v) is 3.52. The number of hydrogen-bond acceptors (Lipinski definition) is 2. The molecule has 5 heteroatoms. The highest BCUT2D eigenvalue weighted by molar-refractivity contribution is 6.20. The van der Waals surface area contributed by atoms with Crippen LogP contribution in [0.1, 0.15) is 37.5 Å². The zero-order chi connectivity index (χ0) is 15.6. The summed E-state index contributed by atoms with van der Waals surface area (Å²) in [5.41, 5.74) is 2.16. The molecule has 0 aliphatic rings. The smallest absolute Gasteiger partial charge is 0.128 e. The normalized spacial score (nSPS) is 13.3. The fraction of sp³-hybridized carbons (Fsp3) is 0.562. The van der Waals surface area contributed by atoms with Gasteiger partial charge in [-0.25, -0.2) is 9.37 Å². The monoisotopic (exact) mass is 312 g/mol. The minimum Gasteiger partial charge on any atom is -0.379 e. The van der Waals surface area contributed by atoms with E-state index in [0.29, 0.717) is 30.1 Å². The van der Waals surface area contributed by atoms with Crippen LogP contribution in [0.15, 0.2) is 12.1 Å². The van der Waals surface area contributed by atoms with E-state index >= 15 is 0 Å². The van der Waals surface area contributed by atoms with Crippen molar-refractivity contribution in [2.45, 2.75) is 39.6 Å². The molecule has 2 rings (SSSR count). The van der Waals surface area contributed by atoms with Crippen LogP contribution in [-0.2, 0) is 11.3 Å². The number of fused-ring (bicyclic) bond motifs is 1. The fourth-order valence-corrected chi connectivity index (χ4v) is 2.45. The van der Waals surface area contributed by atoms with E-state index < -0.39 is 0 Å². The number of hydrogen-bond donors (Lipinski definition) is 0. The summed E-state index contributed by atoms with van der Waals surface area (Å²) in [4.78, 5) is 4.46. The Kier molecular flexibility index (Phi) is 5.22. The van der Waals surface area contributed by atoms with E-state index in [1.165, 1.54) is 6.07 Å². The molecular formula is C16H22ClFN2O. The molecule has 0 saturated carbocycles. The lowest BCUT2D eigenvalue weighted by Gasteiger charge is -2.12. The summed E-state index contributed by atoms with van der Waals surface area (Å²) in [6.45, 7) is 9.85. The van der Waals surface area contributed by atoms with E-state index in [9.17, 15) is 4.39 Å². The van der Waals surface area contributed by atoms with Gasteiger partial charge in [-0.2, -0.15) is 0 Å². The molecule has 2 aromatic rings. The Bertz CT molecular complexity index is 622. The maximum Gasteiger partial charge on any atom is 0.128 e. The highest BCUT2D eigenvalue weighted by Crippen LogP contribution is 2.26. The summed E-state index contributed by atoms with van der Waals surface area (Å²) < 4.78 is 21.3. The number of alkyl halides is 1. The number of rotatable bonds is 6. The minimum absolute atomic E-state index is 0.231. The average Bonchev–Trinajstić information content (AvgIpc) is 2.73. The van der Waals surface area contributed by atoms with Crippen molar-refractivity contribution in [1.82, 2.24) is 9.55 Å². The first kappa shape index (κ1) is 16.2. The van der Waals surface area contributed by atoms with Crippen molar-refractivity contribution in [3.8, 4) is 0 Å². The lowest BCUT2D eigenvalue weighted by molar-refractivity contribution is 0.103. The number of ether oxygens (including phenoxy) is 1. The maximum absolute atomic E-state index is 13.7. The third-order valence-electron chi connectivity index (χ3n) is 3.32. The number of imidazole rings is 1. The van der Waals surface area contributed by atoms with E-state index in [2.05, 4.69) is 18.8 Å². The highest BCUT2D eigenvalue weighted by atomic mass is 35.5. The van der Waals surface area contributed by atoms with Crippen LogP contribution in [0.4, 0.5) is 4.39 Å². The topological polar surface area (TPSA) is 27.1 Å². The number of halogens is 2. The second-order valence-electron chi connectivity index (χ2n) is 5.80. The number of aryl methyl sites for hydroxylation is 1. The first-order valence-corrected chi connectivity index (χ1v) is 7.72. The van der Waals surface area contributed by atoms with Gasteiger partial charge in [0.15, 0.2) is 0 Å². The van der Waals surface area contributed by atoms with Gasteiger partial charge in [-0.3, -0.25) is 0 Å². The van der Waals surface area contributed by atoms with Gasteiger partial charge in [0.05, 0.1) is 23.0 Å². The van der Waals surface area contributed by atoms with Gasteiger partial charge in [0.2, 0.25) is 0 Å². The largest absolute Gasteiger partial charge is 0.379 e. The van der Waals surface area contributed by atoms with E-state index in [0.717, 1.165) is 17.9 Å². The van der Waals surface area contributed by atoms with Gasteiger partial charge < -0.3 is 9.30 Å². The van der Waals surface area contributed by atoms with Crippen LogP contribution in [-0.4, -0.2) is 22.8 Å². The predicted molar refractivity (Wildman–Crippen MR) is 84.4 cm³/mol. The molecule has 116 valence electrons. The van der Waals surface area contributed by atoms with Gasteiger partial charge in [0, 0.05) is 19.2 Å². The first-order chi connectivity index (χ1) is 9.90. The Morgan fingerprint density at radius 1 is 1.33 bits per heavy atom. The molecule has 0 bridgehead atoms. The summed E-state index contributed by atoms with van der Waals surface area (Å²) in [5.74, 6) is 1.02. The van der Waals surface area contributed by atoms with Gasteiger partial charge >= 0.3 is 0 Å². The van der Waals surface area contributed by atoms with Gasteiger partial charge in [-0.05, 0) is 31.4 Å². The molecule has 21 heavy (non-hydrogen) atoms. The Morgan fingerprint density at radius 2 is 2.05 bits per heavy atom. The van der Waals surface area contributed by atoms with Crippen LogP contribution in [0.5, 0.6) is 0 Å². The quantitative estimate of drug-likeness (QED) is 0.582. The van der Waals surface area contributed by atoms with Crippen molar-refractivity contribution < 1.29 is 9.13 Å². The first-order valence-electron chi connectivity index (χ1n) is 7.28. The van der Waals surface area contributed by atoms with Crippen molar-refractivity contribution in [2.75, 3.05) is 13.2 Å². The lowest BCUT2D eigenvalue weighted by atomic mass is 10.2. The third kappa shape index (κ3) is 3.74. The number of benzene rings is 1. The molecule has 3 nitrogen and oxygen atoms in total. The average molecular weight is 313 g/mol. The van der Waals surface area contributed by atoms with E-state index in [4.69, 9.17) is 16.3 Å². The van der Waals surface area contributed by atoms with Gasteiger partial charge in [0.1, 0.15) is 11.6 Å². The maximum atomic E-state index is 13.7. The molecule has 0 radical (unpaired) electrons. The summed E-state index contributed by atoms with van der Waals surface area (Å²) in [6, 6.07) is 3.29. The number of aromatic nitrogens is 2. The van der Waals surface area contributed by atoms with Crippen LogP contribution in [0, 0.1) is 18.7 Å². The molecule has 0 aliphatic heterocycles. The second kappa shape index (κ2) is 6.75. The van der Waals surface area contributed by atoms with Crippen LogP contribution in [0.2, 0.25) is 0 Å². The van der Waals surface area contributed by atoms with Crippen LogP contribution < -0.4 is 0 Å². The molecule has 1 aromatic carbocycles. The molecule has 0 N–H and O–H groups in total. The Morgan fingerprint density at radius 3 is 2.67 bits per heavy atom. The minimum atomic E-state index is -0.239. The van der Waals surface area contributed by atoms with Crippen molar-refractivity contribution in [2.24, 2.45) is 5.92 Å². The van der Waals surface area contributed by atoms with E-state index in [1.54, 1.807) is 6.92 Å². The van der Waals surface area contributed by atoms with Gasteiger partial charge in [-0.1, -0.05) is 13.8 Å². The van der Waals surface area contributed by atoms with E-state index in [1.807, 2.05) is 17.6 Å². The Labute approximate surface area is 130 Å². The molecule has 0 fully saturated rings. The van der Waals surface area contributed by atoms with Crippen LogP contribution in [0.3, 0.4) is 0 Å². The lowest BCUT2D eigenvalue weighted by Crippen LogP contribution is -2.12. The summed E-state index contributed by atoms with van der Waals surface area (Å²) >= 11 is 6.20. The van der Waals surface area contributed by atoms with E-state index in [-0.39, 0.29) is 11.2 Å². The van der Waals surface area contributed by atoms with Crippen molar-refractivity contribution in [3.05, 3.63) is 29.3 Å². The zero-order valence-corrected chi connectivity index (χ0v) is 13.7. The fourth-order valence-electron chi connectivity index (χ4n) is 2.28. The van der Waals surface area contributed by atoms with Gasteiger partial charge in [0.25, 0.3) is 0 Å². The van der Waals surface area contributed by atoms with Crippen molar-refractivity contribution >= 4 is 22.6 Å². The molecule has 1 atom stereocenters. The molecule has 1 unspecified atom stereocenters. The van der Waals surface area contributed by atoms with Crippen molar-refractivity contribution in [1.29, 1.82) is 0 Å².